The number of carbonyl (C=O) groups is 2. The molecule has 0 atom stereocenters. The molecule has 0 radical (unpaired) electrons. The molecule has 0 aliphatic carbocycles. The van der Waals surface area contributed by atoms with Crippen LogP contribution in [-0.4, -0.2) is 53.2 Å². The molecule has 0 bridgehead atoms. The molecule has 4 rings (SSSR count). The van der Waals surface area contributed by atoms with Crippen molar-refractivity contribution >= 4 is 39.1 Å². The Morgan fingerprint density at radius 3 is 2.61 bits per heavy atom. The molecule has 0 N–H and O–H groups in total. The highest BCUT2D eigenvalue weighted by molar-refractivity contribution is 9.10. The number of fused-ring (bicyclic) bond motifs is 1. The number of furan rings is 1. The molecular weight excluding hydrogens is 422 g/mol. The van der Waals surface area contributed by atoms with Crippen molar-refractivity contribution < 1.29 is 14.0 Å². The van der Waals surface area contributed by atoms with Gasteiger partial charge in [0.05, 0.1) is 5.69 Å². The SMILES string of the molecule is Cc1ncc(CN2CCN(C=O)CC2)c2cc(C(=O)c3ccc(Br)cc3)oc12. The van der Waals surface area contributed by atoms with Crippen LogP contribution in [0.3, 0.4) is 0 Å². The van der Waals surface area contributed by atoms with E-state index in [9.17, 15) is 9.59 Å². The summed E-state index contributed by atoms with van der Waals surface area (Å²) >= 11 is 3.38. The molecule has 2 aromatic heterocycles. The summed E-state index contributed by atoms with van der Waals surface area (Å²) < 4.78 is 6.83. The first-order chi connectivity index (χ1) is 13.5. The van der Waals surface area contributed by atoms with Crippen molar-refractivity contribution in [3.05, 3.63) is 63.6 Å². The van der Waals surface area contributed by atoms with E-state index in [1.165, 1.54) is 0 Å². The molecule has 1 aliphatic heterocycles. The number of halogens is 1. The fourth-order valence-corrected chi connectivity index (χ4v) is 3.71. The maximum atomic E-state index is 12.8. The number of hydrogen-bond donors (Lipinski definition) is 0. The number of amides is 1. The zero-order valence-electron chi connectivity index (χ0n) is 15.5. The van der Waals surface area contributed by atoms with E-state index in [4.69, 9.17) is 4.42 Å². The van der Waals surface area contributed by atoms with Crippen molar-refractivity contribution in [1.29, 1.82) is 0 Å². The smallest absolute Gasteiger partial charge is 0.228 e. The summed E-state index contributed by atoms with van der Waals surface area (Å²) in [5, 5.41) is 0.922. The van der Waals surface area contributed by atoms with Crippen LogP contribution in [0.15, 0.2) is 45.4 Å². The average Bonchev–Trinajstić information content (AvgIpc) is 3.17. The van der Waals surface area contributed by atoms with Crippen LogP contribution in [0.1, 0.15) is 27.4 Å². The summed E-state index contributed by atoms with van der Waals surface area (Å²) in [6.45, 7) is 5.68. The molecule has 7 heteroatoms. The first-order valence-electron chi connectivity index (χ1n) is 9.15. The number of piperazine rings is 1. The van der Waals surface area contributed by atoms with Gasteiger partial charge < -0.3 is 9.32 Å². The third-order valence-electron chi connectivity index (χ3n) is 5.10. The van der Waals surface area contributed by atoms with Crippen molar-refractivity contribution in [3.8, 4) is 0 Å². The van der Waals surface area contributed by atoms with E-state index in [2.05, 4.69) is 25.8 Å². The number of hydrogen-bond acceptors (Lipinski definition) is 5. The first-order valence-corrected chi connectivity index (χ1v) is 9.94. The summed E-state index contributed by atoms with van der Waals surface area (Å²) in [7, 11) is 0. The maximum absolute atomic E-state index is 12.8. The summed E-state index contributed by atoms with van der Waals surface area (Å²) in [6.07, 6.45) is 2.76. The van der Waals surface area contributed by atoms with Crippen LogP contribution in [0.4, 0.5) is 0 Å². The molecule has 6 nitrogen and oxygen atoms in total. The van der Waals surface area contributed by atoms with Gasteiger partial charge in [-0.05, 0) is 42.8 Å². The van der Waals surface area contributed by atoms with Crippen molar-refractivity contribution in [1.82, 2.24) is 14.8 Å². The Morgan fingerprint density at radius 1 is 1.21 bits per heavy atom. The Kier molecular flexibility index (Phi) is 5.28. The minimum Gasteiger partial charge on any atom is -0.451 e. The van der Waals surface area contributed by atoms with Gasteiger partial charge in [-0.15, -0.1) is 0 Å². The predicted octanol–water partition coefficient (Wildman–Crippen LogP) is 3.40. The van der Waals surface area contributed by atoms with Crippen LogP contribution < -0.4 is 0 Å². The van der Waals surface area contributed by atoms with Crippen molar-refractivity contribution in [2.45, 2.75) is 13.5 Å². The van der Waals surface area contributed by atoms with Gasteiger partial charge in [0.15, 0.2) is 11.3 Å². The van der Waals surface area contributed by atoms with E-state index < -0.39 is 0 Å². The fraction of sp³-hybridized carbons (Fsp3) is 0.286. The minimum atomic E-state index is -0.145. The van der Waals surface area contributed by atoms with Gasteiger partial charge in [-0.1, -0.05) is 15.9 Å². The highest BCUT2D eigenvalue weighted by Crippen LogP contribution is 2.28. The number of pyridine rings is 1. The Morgan fingerprint density at radius 2 is 1.93 bits per heavy atom. The third-order valence-corrected chi connectivity index (χ3v) is 5.63. The summed E-state index contributed by atoms with van der Waals surface area (Å²) in [6, 6.07) is 9.06. The topological polar surface area (TPSA) is 66.7 Å². The Bertz CT molecular complexity index is 1020. The fourth-order valence-electron chi connectivity index (χ4n) is 3.45. The number of ketones is 1. The van der Waals surface area contributed by atoms with Gasteiger partial charge in [-0.2, -0.15) is 0 Å². The predicted molar refractivity (Wildman–Crippen MR) is 109 cm³/mol. The molecule has 1 saturated heterocycles. The number of aryl methyl sites for hydroxylation is 1. The van der Waals surface area contributed by atoms with Gasteiger partial charge in [0.25, 0.3) is 0 Å². The van der Waals surface area contributed by atoms with Crippen molar-refractivity contribution in [3.63, 3.8) is 0 Å². The van der Waals surface area contributed by atoms with E-state index in [1.54, 1.807) is 17.0 Å². The largest absolute Gasteiger partial charge is 0.451 e. The van der Waals surface area contributed by atoms with Crippen molar-refractivity contribution in [2.24, 2.45) is 0 Å². The highest BCUT2D eigenvalue weighted by Gasteiger charge is 2.21. The lowest BCUT2D eigenvalue weighted by atomic mass is 10.1. The number of rotatable bonds is 5. The monoisotopic (exact) mass is 441 g/mol. The third kappa shape index (κ3) is 3.72. The normalized spacial score (nSPS) is 15.1. The van der Waals surface area contributed by atoms with Gasteiger partial charge >= 0.3 is 0 Å². The highest BCUT2D eigenvalue weighted by atomic mass is 79.9. The van der Waals surface area contributed by atoms with Crippen LogP contribution in [-0.2, 0) is 11.3 Å². The molecule has 1 fully saturated rings. The zero-order valence-corrected chi connectivity index (χ0v) is 17.1. The molecule has 28 heavy (non-hydrogen) atoms. The average molecular weight is 442 g/mol. The Balaban J connectivity index is 1.62. The second kappa shape index (κ2) is 7.85. The molecule has 0 unspecified atom stereocenters. The molecule has 3 heterocycles. The van der Waals surface area contributed by atoms with Gasteiger partial charge in [0.1, 0.15) is 0 Å². The molecule has 144 valence electrons. The zero-order chi connectivity index (χ0) is 19.7. The number of carbonyl (C=O) groups excluding carboxylic acids is 2. The number of aromatic nitrogens is 1. The molecule has 1 amide bonds. The van der Waals surface area contributed by atoms with Crippen LogP contribution in [0.25, 0.3) is 11.0 Å². The van der Waals surface area contributed by atoms with Crippen LogP contribution in [0.5, 0.6) is 0 Å². The molecule has 0 spiro atoms. The van der Waals surface area contributed by atoms with Gasteiger partial charge in [0.2, 0.25) is 12.2 Å². The summed E-state index contributed by atoms with van der Waals surface area (Å²) in [5.74, 6) is 0.175. The second-order valence-electron chi connectivity index (χ2n) is 6.98. The quantitative estimate of drug-likeness (QED) is 0.448. The van der Waals surface area contributed by atoms with E-state index in [-0.39, 0.29) is 5.78 Å². The number of nitrogens with zero attached hydrogens (tertiary/aromatic N) is 3. The summed E-state index contributed by atoms with van der Waals surface area (Å²) in [4.78, 5) is 32.2. The molecular formula is C21H20BrN3O3. The second-order valence-corrected chi connectivity index (χ2v) is 7.89. The van der Waals surface area contributed by atoms with Gasteiger partial charge in [-0.25, -0.2) is 0 Å². The standard InChI is InChI=1S/C21H20BrN3O3/c1-14-21-18(10-19(28-21)20(27)15-2-4-17(22)5-3-15)16(11-23-14)12-24-6-8-25(13-26)9-7-24/h2-5,10-11,13H,6-9,12H2,1H3. The van der Waals surface area contributed by atoms with Crippen molar-refractivity contribution in [2.75, 3.05) is 26.2 Å². The van der Waals surface area contributed by atoms with E-state index in [0.29, 0.717) is 23.5 Å². The first kappa shape index (κ1) is 18.8. The number of benzene rings is 1. The molecule has 3 aromatic rings. The molecule has 0 saturated carbocycles. The summed E-state index contributed by atoms with van der Waals surface area (Å²) in [5.41, 5.74) is 3.03. The van der Waals surface area contributed by atoms with E-state index >= 15 is 0 Å². The van der Waals surface area contributed by atoms with Crippen LogP contribution in [0, 0.1) is 6.92 Å². The molecule has 1 aromatic carbocycles. The van der Waals surface area contributed by atoms with Crippen LogP contribution >= 0.6 is 15.9 Å². The maximum Gasteiger partial charge on any atom is 0.228 e. The lowest BCUT2D eigenvalue weighted by Gasteiger charge is -2.32. The van der Waals surface area contributed by atoms with E-state index in [0.717, 1.165) is 53.7 Å². The van der Waals surface area contributed by atoms with Gasteiger partial charge in [0, 0.05) is 54.3 Å². The van der Waals surface area contributed by atoms with Crippen LogP contribution in [0.2, 0.25) is 0 Å². The lowest BCUT2D eigenvalue weighted by Crippen LogP contribution is -2.45. The van der Waals surface area contributed by atoms with E-state index in [1.807, 2.05) is 31.3 Å². The molecule has 1 aliphatic rings. The Labute approximate surface area is 171 Å². The minimum absolute atomic E-state index is 0.145. The lowest BCUT2D eigenvalue weighted by molar-refractivity contribution is -0.119. The Hall–Kier alpha value is -2.51. The van der Waals surface area contributed by atoms with Gasteiger partial charge in [-0.3, -0.25) is 19.5 Å².